The first-order chi connectivity index (χ1) is 28.3. The first kappa shape index (κ1) is 44.3. The summed E-state index contributed by atoms with van der Waals surface area (Å²) in [4.78, 5) is 75.9. The third-order valence-electron chi connectivity index (χ3n) is 16.3. The van der Waals surface area contributed by atoms with E-state index in [4.69, 9.17) is 4.74 Å². The highest BCUT2D eigenvalue weighted by atomic mass is 32.2. The van der Waals surface area contributed by atoms with Crippen LogP contribution in [0.25, 0.3) is 0 Å². The first-order valence-electron chi connectivity index (χ1n) is 22.2. The van der Waals surface area contributed by atoms with Gasteiger partial charge in [-0.1, -0.05) is 78.5 Å². The molecular formula is C46H67N5O8S. The predicted molar refractivity (Wildman–Crippen MR) is 228 cm³/mol. The molecule has 330 valence electrons. The van der Waals surface area contributed by atoms with Crippen LogP contribution in [0.1, 0.15) is 112 Å². The maximum absolute atomic E-state index is 15.3. The molecule has 6 atom stereocenters. The third-order valence-corrected chi connectivity index (χ3v) is 17.7. The van der Waals surface area contributed by atoms with Crippen molar-refractivity contribution in [2.24, 2.45) is 44.8 Å². The number of anilines is 1. The minimum atomic E-state index is -4.30. The van der Waals surface area contributed by atoms with E-state index in [2.05, 4.69) is 35.8 Å². The topological polar surface area (TPSA) is 171 Å². The number of amides is 4. The number of allylic oxidation sites excluding steroid dienone is 1. The summed E-state index contributed by atoms with van der Waals surface area (Å²) >= 11 is 0. The van der Waals surface area contributed by atoms with E-state index in [1.54, 1.807) is 41.1 Å². The highest BCUT2D eigenvalue weighted by Crippen LogP contribution is 2.88. The molecule has 7 rings (SSSR count). The number of rotatable bonds is 14. The number of nitrogens with zero attached hydrogens (tertiary/aromatic N) is 2. The summed E-state index contributed by atoms with van der Waals surface area (Å²) in [5.74, 6) is -2.69. The molecule has 14 heteroatoms. The minimum Gasteiger partial charge on any atom is -0.387 e. The molecular weight excluding hydrogens is 783 g/mol. The molecule has 6 aliphatic rings. The molecule has 2 spiro atoms. The number of morpholine rings is 1. The molecule has 0 unspecified atom stereocenters. The summed E-state index contributed by atoms with van der Waals surface area (Å²) in [6.07, 6.45) is 9.80. The number of nitrogens with one attached hydrogen (secondary N) is 3. The lowest BCUT2D eigenvalue weighted by Crippen LogP contribution is -2.55. The number of Topliss-reactive ketones (excluding diaryl/α,β-unsaturated/α-hetero) is 2. The molecule has 3 N–H and O–H groups in total. The van der Waals surface area contributed by atoms with Crippen LogP contribution in [-0.2, 0) is 33.9 Å². The normalized spacial score (nSPS) is 29.2. The van der Waals surface area contributed by atoms with Crippen LogP contribution in [-0.4, -0.2) is 99.6 Å². The Bertz CT molecular complexity index is 2000. The Morgan fingerprint density at radius 1 is 0.967 bits per heavy atom. The zero-order valence-corrected chi connectivity index (χ0v) is 37.4. The summed E-state index contributed by atoms with van der Waals surface area (Å²) in [5, 5.41) is 5.97. The van der Waals surface area contributed by atoms with Crippen LogP contribution in [0, 0.1) is 44.8 Å². The lowest BCUT2D eigenvalue weighted by molar-refractivity contribution is -0.146. The van der Waals surface area contributed by atoms with Crippen molar-refractivity contribution in [1.82, 2.24) is 19.8 Å². The standard InChI is InChI=1S/C46H67N5O8S/c1-8-31-26-44(31,40(55)49-60(57,58)37-18-13-12-17-33(37)47-7)28-36(53)34-27-46(43(5,6)45(46)19-14-20-45)29-51(34)39(54)32(42(2,3)4)25-35(52)38(30-15-10-9-11-16-30)48-41(56)50-21-23-59-24-22-50/h8,12-13,17-18,30-32,34,38,47H,1,9-11,14-16,19-29H2,2-7H3,(H,48,56)(H,49,55)/t31-,32-,34+,38+,44-,46-/m1/s1. The van der Waals surface area contributed by atoms with Crippen LogP contribution in [0.3, 0.4) is 0 Å². The largest absolute Gasteiger partial charge is 0.387 e. The van der Waals surface area contributed by atoms with Gasteiger partial charge in [0.25, 0.3) is 10.0 Å². The van der Waals surface area contributed by atoms with Gasteiger partial charge in [-0.2, -0.15) is 0 Å². The Hall–Kier alpha value is -3.78. The molecule has 2 saturated heterocycles. The number of carbonyl (C=O) groups is 5. The van der Waals surface area contributed by atoms with Crippen molar-refractivity contribution >= 4 is 45.1 Å². The molecule has 13 nitrogen and oxygen atoms in total. The number of hydrogen-bond acceptors (Lipinski definition) is 9. The highest BCUT2D eigenvalue weighted by Gasteiger charge is 2.85. The molecule has 0 aromatic heterocycles. The fraction of sp³-hybridized carbons (Fsp3) is 0.717. The fourth-order valence-electron chi connectivity index (χ4n) is 12.1. The fourth-order valence-corrected chi connectivity index (χ4v) is 13.4. The Morgan fingerprint density at radius 3 is 2.20 bits per heavy atom. The monoisotopic (exact) mass is 849 g/mol. The average Bonchev–Trinajstić information content (AvgIpc) is 3.93. The summed E-state index contributed by atoms with van der Waals surface area (Å²) in [5.41, 5.74) is -2.08. The van der Waals surface area contributed by atoms with E-state index in [-0.39, 0.29) is 69.8 Å². The number of fused-ring (bicyclic) bond motifs is 1. The van der Waals surface area contributed by atoms with Gasteiger partial charge in [0.05, 0.1) is 36.4 Å². The van der Waals surface area contributed by atoms with Crippen molar-refractivity contribution in [2.45, 2.75) is 129 Å². The zero-order valence-electron chi connectivity index (χ0n) is 36.6. The summed E-state index contributed by atoms with van der Waals surface area (Å²) in [7, 11) is -2.70. The van der Waals surface area contributed by atoms with Crippen LogP contribution in [0.5, 0.6) is 0 Å². The highest BCUT2D eigenvalue weighted by molar-refractivity contribution is 7.90. The molecule has 4 amide bonds. The number of hydrogen-bond donors (Lipinski definition) is 3. The molecule has 0 bridgehead atoms. The van der Waals surface area contributed by atoms with Gasteiger partial charge in [-0.3, -0.25) is 19.2 Å². The second kappa shape index (κ2) is 16.2. The second-order valence-electron chi connectivity index (χ2n) is 20.4. The Morgan fingerprint density at radius 2 is 1.63 bits per heavy atom. The van der Waals surface area contributed by atoms with Gasteiger partial charge in [0.1, 0.15) is 4.90 Å². The summed E-state index contributed by atoms with van der Waals surface area (Å²) in [6.45, 7) is 16.4. The van der Waals surface area contributed by atoms with E-state index in [1.807, 2.05) is 20.8 Å². The summed E-state index contributed by atoms with van der Waals surface area (Å²) < 4.78 is 34.9. The minimum absolute atomic E-state index is 0.00351. The van der Waals surface area contributed by atoms with Crippen molar-refractivity contribution in [2.75, 3.05) is 45.2 Å². The maximum Gasteiger partial charge on any atom is 0.318 e. The molecule has 0 radical (unpaired) electrons. The number of likely N-dealkylation sites (tertiary alicyclic amines) is 1. The summed E-state index contributed by atoms with van der Waals surface area (Å²) in [6, 6.07) is 4.42. The van der Waals surface area contributed by atoms with Crippen molar-refractivity contribution in [3.8, 4) is 0 Å². The van der Waals surface area contributed by atoms with Crippen LogP contribution in [0.2, 0.25) is 0 Å². The van der Waals surface area contributed by atoms with Crippen LogP contribution >= 0.6 is 0 Å². The van der Waals surface area contributed by atoms with Gasteiger partial charge >= 0.3 is 6.03 Å². The Labute approximate surface area is 356 Å². The molecule has 2 aliphatic heterocycles. The maximum atomic E-state index is 15.3. The van der Waals surface area contributed by atoms with E-state index in [9.17, 15) is 27.6 Å². The van der Waals surface area contributed by atoms with Crippen LogP contribution in [0.15, 0.2) is 41.8 Å². The molecule has 4 saturated carbocycles. The smallest absolute Gasteiger partial charge is 0.318 e. The van der Waals surface area contributed by atoms with Gasteiger partial charge in [-0.05, 0) is 78.7 Å². The average molecular weight is 850 g/mol. The second-order valence-corrected chi connectivity index (χ2v) is 22.0. The van der Waals surface area contributed by atoms with Gasteiger partial charge in [-0.25, -0.2) is 17.9 Å². The molecule has 4 aliphatic carbocycles. The Balaban J connectivity index is 1.16. The molecule has 1 aromatic carbocycles. The van der Waals surface area contributed by atoms with E-state index in [1.165, 1.54) is 6.07 Å². The number of para-hydroxylation sites is 1. The third kappa shape index (κ3) is 7.49. The number of carbonyl (C=O) groups excluding carboxylic acids is 5. The van der Waals surface area contributed by atoms with E-state index in [0.717, 1.165) is 51.4 Å². The Kier molecular flexibility index (Phi) is 11.9. The van der Waals surface area contributed by atoms with Crippen molar-refractivity contribution < 1.29 is 37.1 Å². The van der Waals surface area contributed by atoms with Gasteiger partial charge in [0.15, 0.2) is 11.6 Å². The number of urea groups is 1. The lowest BCUT2D eigenvalue weighted by atomic mass is 9.73. The van der Waals surface area contributed by atoms with Crippen LogP contribution in [0.4, 0.5) is 10.5 Å². The van der Waals surface area contributed by atoms with Gasteiger partial charge < -0.3 is 25.2 Å². The first-order valence-corrected chi connectivity index (χ1v) is 23.7. The van der Waals surface area contributed by atoms with E-state index >= 15 is 4.79 Å². The van der Waals surface area contributed by atoms with E-state index < -0.39 is 50.7 Å². The van der Waals surface area contributed by atoms with Crippen LogP contribution < -0.4 is 15.4 Å². The molecule has 1 aromatic rings. The van der Waals surface area contributed by atoms with Crippen molar-refractivity contribution in [1.29, 1.82) is 0 Å². The van der Waals surface area contributed by atoms with Crippen molar-refractivity contribution in [3.63, 3.8) is 0 Å². The predicted octanol–water partition coefficient (Wildman–Crippen LogP) is 6.09. The van der Waals surface area contributed by atoms with Gasteiger partial charge in [-0.15, -0.1) is 6.58 Å². The quantitative estimate of drug-likeness (QED) is 0.187. The van der Waals surface area contributed by atoms with Gasteiger partial charge in [0.2, 0.25) is 11.8 Å². The number of sulfonamides is 1. The van der Waals surface area contributed by atoms with Crippen molar-refractivity contribution in [3.05, 3.63) is 36.9 Å². The number of benzene rings is 1. The lowest BCUT2D eigenvalue weighted by Gasteiger charge is -2.37. The number of ketones is 2. The molecule has 6 fully saturated rings. The molecule has 2 heterocycles. The number of ether oxygens (including phenoxy) is 1. The zero-order chi connectivity index (χ0) is 43.5. The van der Waals surface area contributed by atoms with E-state index in [0.29, 0.717) is 45.0 Å². The SMILES string of the molecule is C=C[C@@H]1C[C@]1(CC(=O)[C@@H]1C[C@@]2(CN1C(=O)[C@@H](CC(=O)[C@@H](NC(=O)N1CCOCC1)C1CCCCC1)C(C)(C)C)C(C)(C)C21CCC1)C(=O)NS(=O)(=O)c1ccccc1NC. The molecule has 60 heavy (non-hydrogen) atoms. The van der Waals surface area contributed by atoms with Gasteiger partial charge in [0, 0.05) is 50.9 Å².